The Morgan fingerprint density at radius 2 is 1.89 bits per heavy atom. The number of amides is 1. The molecule has 1 saturated carbocycles. The van der Waals surface area contributed by atoms with Gasteiger partial charge in [0.2, 0.25) is 0 Å². The van der Waals surface area contributed by atoms with Crippen LogP contribution in [0, 0.1) is 5.92 Å². The Bertz CT molecular complexity index is 434. The van der Waals surface area contributed by atoms with Crippen molar-refractivity contribution in [1.29, 1.82) is 0 Å². The molecule has 0 spiro atoms. The molecule has 0 atom stereocenters. The van der Waals surface area contributed by atoms with Crippen molar-refractivity contribution in [3.63, 3.8) is 0 Å². The highest BCUT2D eigenvalue weighted by atomic mass is 16.2. The van der Waals surface area contributed by atoms with Gasteiger partial charge in [0.05, 0.1) is 0 Å². The maximum Gasteiger partial charge on any atom is 0.253 e. The fourth-order valence-electron chi connectivity index (χ4n) is 2.64. The third-order valence-electron chi connectivity index (χ3n) is 3.90. The SMILES string of the molecule is CC1CCC(Nc2cccc(C(=O)N(C)C)c2)CC1. The Labute approximate surface area is 116 Å². The standard InChI is InChI=1S/C16H24N2O/c1-12-7-9-14(10-8-12)17-15-6-4-5-13(11-15)16(19)18(2)3/h4-6,11-12,14,17H,7-10H2,1-3H3. The lowest BCUT2D eigenvalue weighted by Gasteiger charge is -2.27. The van der Waals surface area contributed by atoms with E-state index in [9.17, 15) is 4.79 Å². The Hall–Kier alpha value is -1.51. The summed E-state index contributed by atoms with van der Waals surface area (Å²) in [4.78, 5) is 13.5. The number of carbonyl (C=O) groups excluding carboxylic acids is 1. The average molecular weight is 260 g/mol. The first-order valence-corrected chi connectivity index (χ1v) is 7.14. The number of nitrogens with zero attached hydrogens (tertiary/aromatic N) is 1. The lowest BCUT2D eigenvalue weighted by atomic mass is 9.87. The summed E-state index contributed by atoms with van der Waals surface area (Å²) in [6, 6.07) is 8.38. The first kappa shape index (κ1) is 13.9. The molecular formula is C16H24N2O. The lowest BCUT2D eigenvalue weighted by Crippen LogP contribution is -2.25. The molecule has 0 aliphatic heterocycles. The summed E-state index contributed by atoms with van der Waals surface area (Å²) in [6.07, 6.45) is 5.06. The fraction of sp³-hybridized carbons (Fsp3) is 0.562. The Morgan fingerprint density at radius 1 is 1.21 bits per heavy atom. The predicted molar refractivity (Wildman–Crippen MR) is 79.5 cm³/mol. The zero-order valence-corrected chi connectivity index (χ0v) is 12.1. The van der Waals surface area contributed by atoms with Gasteiger partial charge >= 0.3 is 0 Å². The molecule has 1 amide bonds. The van der Waals surface area contributed by atoms with Crippen LogP contribution in [0.3, 0.4) is 0 Å². The fourth-order valence-corrected chi connectivity index (χ4v) is 2.64. The molecule has 0 aromatic heterocycles. The van der Waals surface area contributed by atoms with E-state index >= 15 is 0 Å². The molecule has 2 rings (SSSR count). The number of carbonyl (C=O) groups is 1. The van der Waals surface area contributed by atoms with Crippen LogP contribution in [-0.2, 0) is 0 Å². The van der Waals surface area contributed by atoms with Crippen LogP contribution in [0.1, 0.15) is 43.0 Å². The number of anilines is 1. The number of hydrogen-bond donors (Lipinski definition) is 1. The number of hydrogen-bond acceptors (Lipinski definition) is 2. The smallest absolute Gasteiger partial charge is 0.253 e. The molecule has 1 aromatic carbocycles. The quantitative estimate of drug-likeness (QED) is 0.903. The van der Waals surface area contributed by atoms with Crippen molar-refractivity contribution in [1.82, 2.24) is 4.90 Å². The second-order valence-corrected chi connectivity index (χ2v) is 5.88. The van der Waals surface area contributed by atoms with Crippen molar-refractivity contribution < 1.29 is 4.79 Å². The van der Waals surface area contributed by atoms with Gasteiger partial charge in [0.15, 0.2) is 0 Å². The van der Waals surface area contributed by atoms with Gasteiger partial charge < -0.3 is 10.2 Å². The summed E-state index contributed by atoms with van der Waals surface area (Å²) in [5, 5.41) is 3.56. The van der Waals surface area contributed by atoms with E-state index in [4.69, 9.17) is 0 Å². The number of benzene rings is 1. The van der Waals surface area contributed by atoms with Gasteiger partial charge in [-0.2, -0.15) is 0 Å². The molecule has 1 aliphatic rings. The molecule has 1 aliphatic carbocycles. The molecule has 104 valence electrons. The van der Waals surface area contributed by atoms with Crippen molar-refractivity contribution in [2.24, 2.45) is 5.92 Å². The van der Waals surface area contributed by atoms with Crippen molar-refractivity contribution in [2.45, 2.75) is 38.6 Å². The molecule has 0 radical (unpaired) electrons. The topological polar surface area (TPSA) is 32.3 Å². The van der Waals surface area contributed by atoms with Crippen LogP contribution in [-0.4, -0.2) is 30.9 Å². The number of rotatable bonds is 3. The van der Waals surface area contributed by atoms with Gasteiger partial charge in [-0.1, -0.05) is 13.0 Å². The average Bonchev–Trinajstić information content (AvgIpc) is 2.41. The van der Waals surface area contributed by atoms with E-state index in [2.05, 4.69) is 12.2 Å². The summed E-state index contributed by atoms with van der Waals surface area (Å²) in [6.45, 7) is 2.33. The van der Waals surface area contributed by atoms with Gasteiger partial charge in [-0.15, -0.1) is 0 Å². The van der Waals surface area contributed by atoms with Crippen LogP contribution in [0.15, 0.2) is 24.3 Å². The van der Waals surface area contributed by atoms with Crippen LogP contribution >= 0.6 is 0 Å². The van der Waals surface area contributed by atoms with Gasteiger partial charge in [-0.25, -0.2) is 0 Å². The molecule has 1 N–H and O–H groups in total. The first-order chi connectivity index (χ1) is 9.06. The zero-order chi connectivity index (χ0) is 13.8. The van der Waals surface area contributed by atoms with Gasteiger partial charge in [0, 0.05) is 31.4 Å². The largest absolute Gasteiger partial charge is 0.382 e. The van der Waals surface area contributed by atoms with E-state index in [0.717, 1.165) is 17.2 Å². The van der Waals surface area contributed by atoms with Crippen molar-refractivity contribution in [2.75, 3.05) is 19.4 Å². The van der Waals surface area contributed by atoms with Crippen LogP contribution in [0.25, 0.3) is 0 Å². The summed E-state index contributed by atoms with van der Waals surface area (Å²) < 4.78 is 0. The van der Waals surface area contributed by atoms with Crippen LogP contribution in [0.2, 0.25) is 0 Å². The van der Waals surface area contributed by atoms with Gasteiger partial charge in [-0.05, 0) is 49.8 Å². The minimum atomic E-state index is 0.0564. The Morgan fingerprint density at radius 3 is 2.53 bits per heavy atom. The normalized spacial score (nSPS) is 22.9. The lowest BCUT2D eigenvalue weighted by molar-refractivity contribution is 0.0827. The summed E-state index contributed by atoms with van der Waals surface area (Å²) in [5.74, 6) is 0.917. The predicted octanol–water partition coefficient (Wildman–Crippen LogP) is 3.38. The van der Waals surface area contributed by atoms with Gasteiger partial charge in [0.25, 0.3) is 5.91 Å². The van der Waals surface area contributed by atoms with E-state index in [-0.39, 0.29) is 5.91 Å². The highest BCUT2D eigenvalue weighted by Crippen LogP contribution is 2.26. The Kier molecular flexibility index (Phi) is 4.46. The van der Waals surface area contributed by atoms with Crippen LogP contribution < -0.4 is 5.32 Å². The Balaban J connectivity index is 2.01. The number of nitrogens with one attached hydrogen (secondary N) is 1. The molecule has 0 heterocycles. The van der Waals surface area contributed by atoms with E-state index < -0.39 is 0 Å². The third kappa shape index (κ3) is 3.72. The second kappa shape index (κ2) is 6.09. The highest BCUT2D eigenvalue weighted by Gasteiger charge is 2.18. The molecule has 0 saturated heterocycles. The summed E-state index contributed by atoms with van der Waals surface area (Å²) >= 11 is 0. The van der Waals surface area contributed by atoms with E-state index in [0.29, 0.717) is 6.04 Å². The van der Waals surface area contributed by atoms with Gasteiger partial charge in [0.1, 0.15) is 0 Å². The van der Waals surface area contributed by atoms with E-state index in [1.54, 1.807) is 19.0 Å². The third-order valence-corrected chi connectivity index (χ3v) is 3.90. The second-order valence-electron chi connectivity index (χ2n) is 5.88. The maximum absolute atomic E-state index is 11.9. The molecule has 3 heteroatoms. The highest BCUT2D eigenvalue weighted by molar-refractivity contribution is 5.94. The maximum atomic E-state index is 11.9. The van der Waals surface area contributed by atoms with E-state index in [1.165, 1.54) is 25.7 Å². The van der Waals surface area contributed by atoms with Crippen molar-refractivity contribution in [3.05, 3.63) is 29.8 Å². The molecule has 0 bridgehead atoms. The molecule has 1 aromatic rings. The monoisotopic (exact) mass is 260 g/mol. The van der Waals surface area contributed by atoms with Crippen molar-refractivity contribution >= 4 is 11.6 Å². The minimum Gasteiger partial charge on any atom is -0.382 e. The van der Waals surface area contributed by atoms with Gasteiger partial charge in [-0.3, -0.25) is 4.79 Å². The molecule has 1 fully saturated rings. The molecular weight excluding hydrogens is 236 g/mol. The summed E-state index contributed by atoms with van der Waals surface area (Å²) in [7, 11) is 3.57. The van der Waals surface area contributed by atoms with Crippen LogP contribution in [0.4, 0.5) is 5.69 Å². The summed E-state index contributed by atoms with van der Waals surface area (Å²) in [5.41, 5.74) is 1.81. The molecule has 3 nitrogen and oxygen atoms in total. The van der Waals surface area contributed by atoms with Crippen molar-refractivity contribution in [3.8, 4) is 0 Å². The molecule has 0 unspecified atom stereocenters. The minimum absolute atomic E-state index is 0.0564. The van der Waals surface area contributed by atoms with Crippen LogP contribution in [0.5, 0.6) is 0 Å². The first-order valence-electron chi connectivity index (χ1n) is 7.14. The zero-order valence-electron chi connectivity index (χ0n) is 12.1. The molecule has 19 heavy (non-hydrogen) atoms. The van der Waals surface area contributed by atoms with E-state index in [1.807, 2.05) is 24.3 Å².